The van der Waals surface area contributed by atoms with Gasteiger partial charge in [-0.15, -0.1) is 15.3 Å². The zero-order chi connectivity index (χ0) is 11.8. The molecule has 7 nitrogen and oxygen atoms in total. The molecule has 0 atom stereocenters. The summed E-state index contributed by atoms with van der Waals surface area (Å²) < 4.78 is 3.89. The topological polar surface area (TPSA) is 73.5 Å². The fraction of sp³-hybridized carbons (Fsp3) is 0.600. The quantitative estimate of drug-likeness (QED) is 0.823. The van der Waals surface area contributed by atoms with E-state index in [-0.39, 0.29) is 0 Å². The van der Waals surface area contributed by atoms with E-state index >= 15 is 0 Å². The molecule has 0 unspecified atom stereocenters. The molecular weight excluding hydrogens is 218 g/mol. The van der Waals surface area contributed by atoms with E-state index in [1.54, 1.807) is 6.33 Å². The van der Waals surface area contributed by atoms with Gasteiger partial charge in [0.2, 0.25) is 0 Å². The summed E-state index contributed by atoms with van der Waals surface area (Å²) in [5, 5.41) is 19.6. The van der Waals surface area contributed by atoms with E-state index in [1.807, 2.05) is 15.4 Å². The Morgan fingerprint density at radius 2 is 2.18 bits per heavy atom. The molecular formula is C10H15N7. The number of hydrogen-bond acceptors (Lipinski definition) is 5. The zero-order valence-electron chi connectivity index (χ0n) is 9.91. The summed E-state index contributed by atoms with van der Waals surface area (Å²) in [7, 11) is 0. The van der Waals surface area contributed by atoms with Crippen LogP contribution in [-0.4, -0.2) is 42.8 Å². The molecule has 0 aromatic carbocycles. The number of rotatable bonds is 3. The minimum Gasteiger partial charge on any atom is -0.312 e. The molecule has 1 aliphatic rings. The van der Waals surface area contributed by atoms with Crippen LogP contribution in [0.1, 0.15) is 25.9 Å². The van der Waals surface area contributed by atoms with Crippen molar-refractivity contribution in [3.63, 3.8) is 0 Å². The Morgan fingerprint density at radius 3 is 2.82 bits per heavy atom. The smallest absolute Gasteiger partial charge is 0.186 e. The molecule has 90 valence electrons. The first-order valence-electron chi connectivity index (χ1n) is 5.78. The van der Waals surface area contributed by atoms with E-state index in [1.165, 1.54) is 0 Å². The first-order chi connectivity index (χ1) is 8.25. The molecule has 17 heavy (non-hydrogen) atoms. The van der Waals surface area contributed by atoms with Gasteiger partial charge in [0, 0.05) is 19.1 Å². The summed E-state index contributed by atoms with van der Waals surface area (Å²) in [5.74, 6) is 0.776. The largest absolute Gasteiger partial charge is 0.312 e. The van der Waals surface area contributed by atoms with Crippen LogP contribution in [0.2, 0.25) is 0 Å². The van der Waals surface area contributed by atoms with Gasteiger partial charge in [-0.2, -0.15) is 0 Å². The molecule has 2 aromatic rings. The molecule has 1 aliphatic heterocycles. The highest BCUT2D eigenvalue weighted by Crippen LogP contribution is 2.19. The van der Waals surface area contributed by atoms with E-state index in [9.17, 15) is 0 Å². The van der Waals surface area contributed by atoms with Crippen molar-refractivity contribution in [3.8, 4) is 11.5 Å². The zero-order valence-corrected chi connectivity index (χ0v) is 9.91. The second kappa shape index (κ2) is 3.92. The van der Waals surface area contributed by atoms with Crippen molar-refractivity contribution in [1.82, 2.24) is 35.1 Å². The predicted octanol–water partition coefficient (Wildman–Crippen LogP) is 0.262. The standard InChI is InChI=1S/C10H15N7/c1-7(2)16-6-12-14-10(16)9-5-17(15-13-9)8-3-11-4-8/h5-8,11H,3-4H2,1-2H3. The lowest BCUT2D eigenvalue weighted by molar-refractivity contribution is 0.313. The van der Waals surface area contributed by atoms with E-state index in [4.69, 9.17) is 0 Å². The minimum absolute atomic E-state index is 0.315. The van der Waals surface area contributed by atoms with Crippen LogP contribution < -0.4 is 5.32 Å². The second-order valence-corrected chi connectivity index (χ2v) is 4.55. The van der Waals surface area contributed by atoms with E-state index in [0.717, 1.165) is 24.6 Å². The van der Waals surface area contributed by atoms with Crippen molar-refractivity contribution in [2.24, 2.45) is 0 Å². The Bertz CT molecular complexity index is 508. The number of nitrogens with one attached hydrogen (secondary N) is 1. The Labute approximate surface area is 98.8 Å². The molecule has 7 heteroatoms. The van der Waals surface area contributed by atoms with Gasteiger partial charge in [0.25, 0.3) is 0 Å². The number of aromatic nitrogens is 6. The Hall–Kier alpha value is -1.76. The van der Waals surface area contributed by atoms with Crippen molar-refractivity contribution < 1.29 is 0 Å². The maximum Gasteiger partial charge on any atom is 0.186 e. The van der Waals surface area contributed by atoms with E-state index in [0.29, 0.717) is 12.1 Å². The minimum atomic E-state index is 0.315. The van der Waals surface area contributed by atoms with Crippen molar-refractivity contribution in [1.29, 1.82) is 0 Å². The van der Waals surface area contributed by atoms with Gasteiger partial charge >= 0.3 is 0 Å². The number of hydrogen-bond donors (Lipinski definition) is 1. The van der Waals surface area contributed by atoms with Crippen LogP contribution in [0, 0.1) is 0 Å². The first-order valence-corrected chi connectivity index (χ1v) is 5.78. The summed E-state index contributed by atoms with van der Waals surface area (Å²) >= 11 is 0. The molecule has 3 rings (SSSR count). The second-order valence-electron chi connectivity index (χ2n) is 4.55. The molecule has 3 heterocycles. The normalized spacial score (nSPS) is 16.4. The van der Waals surface area contributed by atoms with Gasteiger partial charge in [0.05, 0.1) is 12.2 Å². The van der Waals surface area contributed by atoms with Gasteiger partial charge in [0.1, 0.15) is 6.33 Å². The lowest BCUT2D eigenvalue weighted by Crippen LogP contribution is -2.43. The van der Waals surface area contributed by atoms with Crippen LogP contribution in [0.3, 0.4) is 0 Å². The Balaban J connectivity index is 1.92. The highest BCUT2D eigenvalue weighted by atomic mass is 15.5. The molecule has 0 spiro atoms. The van der Waals surface area contributed by atoms with Crippen LogP contribution in [-0.2, 0) is 0 Å². The highest BCUT2D eigenvalue weighted by Gasteiger charge is 2.21. The summed E-state index contributed by atoms with van der Waals surface area (Å²) in [4.78, 5) is 0. The molecule has 0 aliphatic carbocycles. The summed E-state index contributed by atoms with van der Waals surface area (Å²) in [6, 6.07) is 0.738. The van der Waals surface area contributed by atoms with E-state index < -0.39 is 0 Å². The molecule has 1 N–H and O–H groups in total. The summed E-state index contributed by atoms with van der Waals surface area (Å²) in [6.07, 6.45) is 3.67. The third-order valence-electron chi connectivity index (χ3n) is 3.00. The number of nitrogens with zero attached hydrogens (tertiary/aromatic N) is 6. The van der Waals surface area contributed by atoms with Gasteiger partial charge in [-0.1, -0.05) is 5.21 Å². The van der Waals surface area contributed by atoms with Crippen LogP contribution in [0.15, 0.2) is 12.5 Å². The average molecular weight is 233 g/mol. The van der Waals surface area contributed by atoms with Gasteiger partial charge in [-0.05, 0) is 13.8 Å². The lowest BCUT2D eigenvalue weighted by atomic mass is 10.2. The van der Waals surface area contributed by atoms with Gasteiger partial charge in [-0.25, -0.2) is 4.68 Å². The van der Waals surface area contributed by atoms with Crippen molar-refractivity contribution >= 4 is 0 Å². The molecule has 2 aromatic heterocycles. The fourth-order valence-electron chi connectivity index (χ4n) is 1.82. The Morgan fingerprint density at radius 1 is 1.35 bits per heavy atom. The summed E-state index contributed by atoms with van der Waals surface area (Å²) in [6.45, 7) is 6.10. The maximum absolute atomic E-state index is 4.17. The van der Waals surface area contributed by atoms with Crippen LogP contribution >= 0.6 is 0 Å². The molecule has 0 bridgehead atoms. The third kappa shape index (κ3) is 1.72. The highest BCUT2D eigenvalue weighted by molar-refractivity contribution is 5.46. The average Bonchev–Trinajstić information content (AvgIpc) is 2.79. The maximum atomic E-state index is 4.17. The van der Waals surface area contributed by atoms with Crippen molar-refractivity contribution in [2.75, 3.05) is 13.1 Å². The summed E-state index contributed by atoms with van der Waals surface area (Å²) in [5.41, 5.74) is 0.781. The first kappa shape index (κ1) is 10.4. The molecule has 1 fully saturated rings. The molecule has 0 amide bonds. The molecule has 0 saturated carbocycles. The Kier molecular flexibility index (Phi) is 2.40. The van der Waals surface area contributed by atoms with Crippen molar-refractivity contribution in [2.45, 2.75) is 25.9 Å². The van der Waals surface area contributed by atoms with Crippen molar-refractivity contribution in [3.05, 3.63) is 12.5 Å². The third-order valence-corrected chi connectivity index (χ3v) is 3.00. The monoisotopic (exact) mass is 233 g/mol. The van der Waals surface area contributed by atoms with Crippen LogP contribution in [0.4, 0.5) is 0 Å². The van der Waals surface area contributed by atoms with Gasteiger partial charge in [-0.3, -0.25) is 0 Å². The van der Waals surface area contributed by atoms with Gasteiger partial charge in [0.15, 0.2) is 11.5 Å². The molecule has 1 saturated heterocycles. The van der Waals surface area contributed by atoms with E-state index in [2.05, 4.69) is 39.7 Å². The van der Waals surface area contributed by atoms with Crippen LogP contribution in [0.25, 0.3) is 11.5 Å². The fourth-order valence-corrected chi connectivity index (χ4v) is 1.82. The van der Waals surface area contributed by atoms with Gasteiger partial charge < -0.3 is 9.88 Å². The van der Waals surface area contributed by atoms with Crippen LogP contribution in [0.5, 0.6) is 0 Å². The predicted molar refractivity (Wildman–Crippen MR) is 61.3 cm³/mol. The lowest BCUT2D eigenvalue weighted by Gasteiger charge is -2.26. The SMILES string of the molecule is CC(C)n1cnnc1-c1cn(C2CNC2)nn1. The molecule has 0 radical (unpaired) electrons.